The van der Waals surface area contributed by atoms with Crippen LogP contribution in [0.15, 0.2) is 12.1 Å². The zero-order valence-electron chi connectivity index (χ0n) is 16.5. The number of nitrogens with one attached hydrogen (secondary N) is 1. The van der Waals surface area contributed by atoms with Crippen molar-refractivity contribution in [2.45, 2.75) is 39.3 Å². The van der Waals surface area contributed by atoms with Gasteiger partial charge in [0.25, 0.3) is 0 Å². The van der Waals surface area contributed by atoms with Crippen LogP contribution in [0.1, 0.15) is 32.3 Å². The van der Waals surface area contributed by atoms with Gasteiger partial charge in [0.1, 0.15) is 0 Å². The number of ether oxygens (including phenoxy) is 2. The van der Waals surface area contributed by atoms with Gasteiger partial charge in [-0.05, 0) is 37.5 Å². The Morgan fingerprint density at radius 3 is 2.63 bits per heavy atom. The van der Waals surface area contributed by atoms with E-state index in [2.05, 4.69) is 28.1 Å². The van der Waals surface area contributed by atoms with Crippen LogP contribution in [-0.2, 0) is 6.54 Å². The highest BCUT2D eigenvalue weighted by atomic mass is 35.5. The van der Waals surface area contributed by atoms with Crippen LogP contribution in [0.3, 0.4) is 0 Å². The highest BCUT2D eigenvalue weighted by Gasteiger charge is 2.28. The summed E-state index contributed by atoms with van der Waals surface area (Å²) in [6.45, 7) is 13.1. The molecule has 2 aliphatic rings. The van der Waals surface area contributed by atoms with Crippen molar-refractivity contribution in [3.63, 3.8) is 0 Å². The summed E-state index contributed by atoms with van der Waals surface area (Å²) in [4.78, 5) is 5.16. The first-order valence-electron chi connectivity index (χ1n) is 9.96. The van der Waals surface area contributed by atoms with Gasteiger partial charge in [-0.15, -0.1) is 12.4 Å². The first-order valence-corrected chi connectivity index (χ1v) is 10.3. The molecular formula is C20H33Cl2N3O2. The van der Waals surface area contributed by atoms with Crippen molar-refractivity contribution >= 4 is 24.0 Å². The number of piperazine rings is 1. The predicted molar refractivity (Wildman–Crippen MR) is 114 cm³/mol. The van der Waals surface area contributed by atoms with Crippen molar-refractivity contribution in [3.8, 4) is 11.5 Å². The quantitative estimate of drug-likeness (QED) is 0.700. The highest BCUT2D eigenvalue weighted by molar-refractivity contribution is 6.32. The summed E-state index contributed by atoms with van der Waals surface area (Å²) in [5.41, 5.74) is 1.20. The molecule has 7 heteroatoms. The molecule has 0 radical (unpaired) electrons. The molecule has 0 aliphatic carbocycles. The van der Waals surface area contributed by atoms with Crippen LogP contribution >= 0.6 is 24.0 Å². The van der Waals surface area contributed by atoms with Crippen molar-refractivity contribution in [2.24, 2.45) is 0 Å². The predicted octanol–water partition coefficient (Wildman–Crippen LogP) is 3.43. The van der Waals surface area contributed by atoms with Crippen LogP contribution < -0.4 is 14.8 Å². The van der Waals surface area contributed by atoms with Gasteiger partial charge in [-0.3, -0.25) is 9.80 Å². The lowest BCUT2D eigenvalue weighted by atomic mass is 10.2. The number of hydrogen-bond acceptors (Lipinski definition) is 5. The second-order valence-corrected chi connectivity index (χ2v) is 7.56. The van der Waals surface area contributed by atoms with E-state index in [0.29, 0.717) is 30.0 Å². The highest BCUT2D eigenvalue weighted by Crippen LogP contribution is 2.37. The van der Waals surface area contributed by atoms with E-state index < -0.39 is 0 Å². The standard InChI is InChI=1S/C20H32ClN3O2.ClH/c1-3-11-26-20-18(21)12-16(13-19(20)25-4-2)14-23-8-5-17(15-23)24-9-6-22-7-10-24;/h12-13,17,22H,3-11,14-15H2,1-2H3;1H. The monoisotopic (exact) mass is 417 g/mol. The van der Waals surface area contributed by atoms with Crippen LogP contribution in [0, 0.1) is 0 Å². The van der Waals surface area contributed by atoms with Crippen LogP contribution in [0.25, 0.3) is 0 Å². The smallest absolute Gasteiger partial charge is 0.179 e. The number of rotatable bonds is 8. The van der Waals surface area contributed by atoms with E-state index >= 15 is 0 Å². The van der Waals surface area contributed by atoms with Crippen molar-refractivity contribution < 1.29 is 9.47 Å². The molecule has 2 fully saturated rings. The minimum atomic E-state index is 0. The second kappa shape index (κ2) is 11.3. The van der Waals surface area contributed by atoms with Crippen molar-refractivity contribution in [2.75, 3.05) is 52.5 Å². The molecule has 0 amide bonds. The molecule has 2 heterocycles. The third-order valence-corrected chi connectivity index (χ3v) is 5.42. The molecule has 2 saturated heterocycles. The summed E-state index contributed by atoms with van der Waals surface area (Å²) < 4.78 is 11.6. The average Bonchev–Trinajstić information content (AvgIpc) is 3.11. The summed E-state index contributed by atoms with van der Waals surface area (Å²) in [5, 5.41) is 4.09. The third kappa shape index (κ3) is 6.13. The van der Waals surface area contributed by atoms with Gasteiger partial charge in [0, 0.05) is 51.9 Å². The van der Waals surface area contributed by atoms with Gasteiger partial charge in [-0.25, -0.2) is 0 Å². The van der Waals surface area contributed by atoms with Crippen molar-refractivity contribution in [1.82, 2.24) is 15.1 Å². The van der Waals surface area contributed by atoms with Crippen LogP contribution in [-0.4, -0.2) is 68.3 Å². The molecule has 27 heavy (non-hydrogen) atoms. The zero-order chi connectivity index (χ0) is 18.4. The lowest BCUT2D eigenvalue weighted by Gasteiger charge is -2.32. The zero-order valence-corrected chi connectivity index (χ0v) is 18.1. The Kier molecular flexibility index (Phi) is 9.46. The van der Waals surface area contributed by atoms with Gasteiger partial charge in [-0.2, -0.15) is 0 Å². The Bertz CT molecular complexity index is 583. The maximum Gasteiger partial charge on any atom is 0.179 e. The third-order valence-electron chi connectivity index (χ3n) is 5.14. The Morgan fingerprint density at radius 2 is 1.93 bits per heavy atom. The van der Waals surface area contributed by atoms with E-state index in [1.165, 1.54) is 25.1 Å². The minimum Gasteiger partial charge on any atom is -0.490 e. The van der Waals surface area contributed by atoms with Crippen LogP contribution in [0.5, 0.6) is 11.5 Å². The summed E-state index contributed by atoms with van der Waals surface area (Å²) in [6.07, 6.45) is 2.20. The fourth-order valence-electron chi connectivity index (χ4n) is 3.88. The Labute approximate surface area is 174 Å². The normalized spacial score (nSPS) is 21.1. The number of halogens is 2. The van der Waals surface area contributed by atoms with Gasteiger partial charge in [-0.1, -0.05) is 18.5 Å². The molecule has 1 aromatic carbocycles. The molecule has 2 aliphatic heterocycles. The SMILES string of the molecule is CCCOc1c(Cl)cc(CN2CCC(N3CCNCC3)C2)cc1OCC.Cl. The summed E-state index contributed by atoms with van der Waals surface area (Å²) in [7, 11) is 0. The molecule has 0 spiro atoms. The topological polar surface area (TPSA) is 37.0 Å². The Morgan fingerprint density at radius 1 is 1.15 bits per heavy atom. The summed E-state index contributed by atoms with van der Waals surface area (Å²) in [5.74, 6) is 1.44. The number of benzene rings is 1. The largest absolute Gasteiger partial charge is 0.490 e. The van der Waals surface area contributed by atoms with E-state index in [1.54, 1.807) is 0 Å². The molecule has 0 saturated carbocycles. The molecule has 0 bridgehead atoms. The van der Waals surface area contributed by atoms with E-state index in [0.717, 1.165) is 44.9 Å². The lowest BCUT2D eigenvalue weighted by Crippen LogP contribution is -2.49. The molecule has 1 aromatic rings. The van der Waals surface area contributed by atoms with E-state index in [9.17, 15) is 0 Å². The van der Waals surface area contributed by atoms with E-state index in [1.807, 2.05) is 13.0 Å². The number of hydrogen-bond donors (Lipinski definition) is 1. The molecule has 154 valence electrons. The van der Waals surface area contributed by atoms with Gasteiger partial charge < -0.3 is 14.8 Å². The van der Waals surface area contributed by atoms with Gasteiger partial charge in [0.15, 0.2) is 11.5 Å². The summed E-state index contributed by atoms with van der Waals surface area (Å²) >= 11 is 6.50. The van der Waals surface area contributed by atoms with Crippen LogP contribution in [0.2, 0.25) is 5.02 Å². The number of likely N-dealkylation sites (tertiary alicyclic amines) is 1. The molecule has 3 rings (SSSR count). The van der Waals surface area contributed by atoms with Gasteiger partial charge >= 0.3 is 0 Å². The van der Waals surface area contributed by atoms with Crippen molar-refractivity contribution in [3.05, 3.63) is 22.7 Å². The molecule has 1 atom stereocenters. The van der Waals surface area contributed by atoms with E-state index in [-0.39, 0.29) is 12.4 Å². The fraction of sp³-hybridized carbons (Fsp3) is 0.700. The van der Waals surface area contributed by atoms with E-state index in [4.69, 9.17) is 21.1 Å². The Balaban J connectivity index is 0.00000261. The fourth-order valence-corrected chi connectivity index (χ4v) is 4.17. The van der Waals surface area contributed by atoms with Gasteiger partial charge in [0.2, 0.25) is 0 Å². The molecule has 1 unspecified atom stereocenters. The molecular weight excluding hydrogens is 385 g/mol. The molecule has 1 N–H and O–H groups in total. The van der Waals surface area contributed by atoms with Gasteiger partial charge in [0.05, 0.1) is 18.2 Å². The Hall–Kier alpha value is -0.720. The molecule has 0 aromatic heterocycles. The maximum absolute atomic E-state index is 6.50. The number of nitrogens with zero attached hydrogens (tertiary/aromatic N) is 2. The average molecular weight is 418 g/mol. The first-order chi connectivity index (χ1) is 12.7. The molecule has 5 nitrogen and oxygen atoms in total. The van der Waals surface area contributed by atoms with Crippen molar-refractivity contribution in [1.29, 1.82) is 0 Å². The minimum absolute atomic E-state index is 0. The summed E-state index contributed by atoms with van der Waals surface area (Å²) in [6, 6.07) is 4.82. The van der Waals surface area contributed by atoms with Crippen LogP contribution in [0.4, 0.5) is 0 Å². The second-order valence-electron chi connectivity index (χ2n) is 7.15. The first kappa shape index (κ1) is 22.6. The lowest BCUT2D eigenvalue weighted by molar-refractivity contribution is 0.170. The maximum atomic E-state index is 6.50.